The van der Waals surface area contributed by atoms with E-state index in [4.69, 9.17) is 4.74 Å². The SMILES string of the molecule is COC(=O)C1Cc2ccc(O)cc2CN1c1ccccc1. The molecule has 0 spiro atoms. The number of hydrogen-bond donors (Lipinski definition) is 1. The monoisotopic (exact) mass is 283 g/mol. The van der Waals surface area contributed by atoms with Gasteiger partial charge in [0, 0.05) is 18.7 Å². The van der Waals surface area contributed by atoms with Crippen molar-refractivity contribution in [3.63, 3.8) is 0 Å². The summed E-state index contributed by atoms with van der Waals surface area (Å²) in [6, 6.07) is 14.7. The first-order chi connectivity index (χ1) is 10.2. The molecule has 1 aliphatic heterocycles. The number of ether oxygens (including phenoxy) is 1. The zero-order valence-electron chi connectivity index (χ0n) is 11.8. The van der Waals surface area contributed by atoms with Crippen LogP contribution in [0.3, 0.4) is 0 Å². The molecular weight excluding hydrogens is 266 g/mol. The van der Waals surface area contributed by atoms with Crippen LogP contribution < -0.4 is 4.90 Å². The molecular formula is C17H17NO3. The lowest BCUT2D eigenvalue weighted by molar-refractivity contribution is -0.142. The highest BCUT2D eigenvalue weighted by molar-refractivity contribution is 5.81. The molecule has 3 rings (SSSR count). The Labute approximate surface area is 123 Å². The van der Waals surface area contributed by atoms with Crippen LogP contribution >= 0.6 is 0 Å². The Hall–Kier alpha value is -2.49. The molecule has 21 heavy (non-hydrogen) atoms. The fraction of sp³-hybridized carbons (Fsp3) is 0.235. The molecule has 0 aromatic heterocycles. The molecule has 4 heteroatoms. The van der Waals surface area contributed by atoms with Gasteiger partial charge in [0.2, 0.25) is 0 Å². The third-order valence-electron chi connectivity index (χ3n) is 3.88. The summed E-state index contributed by atoms with van der Waals surface area (Å²) in [6.45, 7) is 0.577. The highest BCUT2D eigenvalue weighted by Crippen LogP contribution is 2.30. The number of esters is 1. The maximum Gasteiger partial charge on any atom is 0.328 e. The van der Waals surface area contributed by atoms with Crippen LogP contribution in [-0.4, -0.2) is 24.2 Å². The Morgan fingerprint density at radius 2 is 1.95 bits per heavy atom. The van der Waals surface area contributed by atoms with E-state index in [1.54, 1.807) is 12.1 Å². The number of phenolic OH excluding ortho intramolecular Hbond substituents is 1. The zero-order valence-corrected chi connectivity index (χ0v) is 11.8. The van der Waals surface area contributed by atoms with Gasteiger partial charge < -0.3 is 14.7 Å². The normalized spacial score (nSPS) is 17.2. The van der Waals surface area contributed by atoms with Gasteiger partial charge in [0.25, 0.3) is 0 Å². The number of benzene rings is 2. The molecule has 0 fully saturated rings. The summed E-state index contributed by atoms with van der Waals surface area (Å²) in [5.74, 6) is 0.0101. The van der Waals surface area contributed by atoms with Gasteiger partial charge in [-0.05, 0) is 35.4 Å². The minimum Gasteiger partial charge on any atom is -0.508 e. The summed E-state index contributed by atoms with van der Waals surface area (Å²) in [7, 11) is 1.41. The van der Waals surface area contributed by atoms with Crippen LogP contribution in [0.15, 0.2) is 48.5 Å². The van der Waals surface area contributed by atoms with Crippen LogP contribution in [0.4, 0.5) is 5.69 Å². The second kappa shape index (κ2) is 5.48. The first-order valence-electron chi connectivity index (χ1n) is 6.89. The van der Waals surface area contributed by atoms with Crippen molar-refractivity contribution in [2.24, 2.45) is 0 Å². The van der Waals surface area contributed by atoms with Crippen LogP contribution in [0.2, 0.25) is 0 Å². The van der Waals surface area contributed by atoms with Crippen LogP contribution in [0, 0.1) is 0 Å². The molecule has 2 aromatic rings. The fourth-order valence-corrected chi connectivity index (χ4v) is 2.81. The third-order valence-corrected chi connectivity index (χ3v) is 3.88. The molecule has 1 aliphatic rings. The molecule has 0 saturated carbocycles. The molecule has 0 amide bonds. The fourth-order valence-electron chi connectivity index (χ4n) is 2.81. The minimum atomic E-state index is -0.338. The molecule has 0 saturated heterocycles. The Morgan fingerprint density at radius 3 is 2.67 bits per heavy atom. The quantitative estimate of drug-likeness (QED) is 0.860. The molecule has 0 aliphatic carbocycles. The van der Waals surface area contributed by atoms with Gasteiger partial charge in [-0.15, -0.1) is 0 Å². The van der Waals surface area contributed by atoms with E-state index in [0.29, 0.717) is 13.0 Å². The predicted octanol–water partition coefficient (Wildman–Crippen LogP) is 2.50. The summed E-state index contributed by atoms with van der Waals surface area (Å²) in [4.78, 5) is 14.1. The number of para-hydroxylation sites is 1. The summed E-state index contributed by atoms with van der Waals surface area (Å²) in [6.07, 6.45) is 0.581. The summed E-state index contributed by atoms with van der Waals surface area (Å²) >= 11 is 0. The highest BCUT2D eigenvalue weighted by atomic mass is 16.5. The van der Waals surface area contributed by atoms with Gasteiger partial charge in [-0.3, -0.25) is 0 Å². The van der Waals surface area contributed by atoms with E-state index in [-0.39, 0.29) is 17.8 Å². The first kappa shape index (κ1) is 13.5. The van der Waals surface area contributed by atoms with E-state index in [1.807, 2.05) is 41.3 Å². The lowest BCUT2D eigenvalue weighted by atomic mass is 9.93. The van der Waals surface area contributed by atoms with Crippen molar-refractivity contribution in [2.45, 2.75) is 19.0 Å². The van der Waals surface area contributed by atoms with E-state index in [9.17, 15) is 9.90 Å². The van der Waals surface area contributed by atoms with Crippen molar-refractivity contribution in [3.05, 3.63) is 59.7 Å². The molecule has 1 heterocycles. The molecule has 1 atom stereocenters. The molecule has 1 unspecified atom stereocenters. The molecule has 2 aromatic carbocycles. The Kier molecular flexibility index (Phi) is 3.52. The maximum atomic E-state index is 12.1. The number of nitrogens with zero attached hydrogens (tertiary/aromatic N) is 1. The molecule has 0 radical (unpaired) electrons. The van der Waals surface area contributed by atoms with Crippen molar-refractivity contribution in [3.8, 4) is 5.75 Å². The number of phenols is 1. The smallest absolute Gasteiger partial charge is 0.328 e. The summed E-state index contributed by atoms with van der Waals surface area (Å²) in [5.41, 5.74) is 3.09. The van der Waals surface area contributed by atoms with E-state index in [1.165, 1.54) is 7.11 Å². The van der Waals surface area contributed by atoms with Crippen molar-refractivity contribution in [2.75, 3.05) is 12.0 Å². The second-order valence-electron chi connectivity index (χ2n) is 5.16. The number of rotatable bonds is 2. The lowest BCUT2D eigenvalue weighted by Crippen LogP contribution is -2.46. The summed E-state index contributed by atoms with van der Waals surface area (Å²) < 4.78 is 4.95. The number of hydrogen-bond acceptors (Lipinski definition) is 4. The van der Waals surface area contributed by atoms with Gasteiger partial charge in [0.1, 0.15) is 11.8 Å². The topological polar surface area (TPSA) is 49.8 Å². The largest absolute Gasteiger partial charge is 0.508 e. The molecule has 108 valence electrons. The van der Waals surface area contributed by atoms with Gasteiger partial charge in [0.05, 0.1) is 7.11 Å². The van der Waals surface area contributed by atoms with Crippen molar-refractivity contribution < 1.29 is 14.6 Å². The average Bonchev–Trinajstić information content (AvgIpc) is 2.53. The van der Waals surface area contributed by atoms with Crippen LogP contribution in [0.25, 0.3) is 0 Å². The Bertz CT molecular complexity index is 654. The number of aromatic hydroxyl groups is 1. The van der Waals surface area contributed by atoms with E-state index >= 15 is 0 Å². The second-order valence-corrected chi connectivity index (χ2v) is 5.16. The van der Waals surface area contributed by atoms with Crippen molar-refractivity contribution in [1.82, 2.24) is 0 Å². The standard InChI is InChI=1S/C17H17NO3/c1-21-17(20)16-10-12-7-8-15(19)9-13(12)11-18(16)14-5-3-2-4-6-14/h2-9,16,19H,10-11H2,1H3. The van der Waals surface area contributed by atoms with Crippen LogP contribution in [0.5, 0.6) is 5.75 Å². The summed E-state index contributed by atoms with van der Waals surface area (Å²) in [5, 5.41) is 9.66. The zero-order chi connectivity index (χ0) is 14.8. The van der Waals surface area contributed by atoms with Crippen LogP contribution in [-0.2, 0) is 22.5 Å². The highest BCUT2D eigenvalue weighted by Gasteiger charge is 2.32. The van der Waals surface area contributed by atoms with Gasteiger partial charge >= 0.3 is 5.97 Å². The number of anilines is 1. The molecule has 0 bridgehead atoms. The van der Waals surface area contributed by atoms with Crippen molar-refractivity contribution in [1.29, 1.82) is 0 Å². The number of fused-ring (bicyclic) bond motifs is 1. The Balaban J connectivity index is 2.01. The number of carbonyl (C=O) groups excluding carboxylic acids is 1. The average molecular weight is 283 g/mol. The Morgan fingerprint density at radius 1 is 1.19 bits per heavy atom. The predicted molar refractivity (Wildman–Crippen MR) is 80.2 cm³/mol. The van der Waals surface area contributed by atoms with Gasteiger partial charge in [-0.25, -0.2) is 4.79 Å². The first-order valence-corrected chi connectivity index (χ1v) is 6.89. The number of carbonyl (C=O) groups is 1. The van der Waals surface area contributed by atoms with Gasteiger partial charge in [0.15, 0.2) is 0 Å². The minimum absolute atomic E-state index is 0.238. The molecule has 4 nitrogen and oxygen atoms in total. The van der Waals surface area contributed by atoms with Crippen molar-refractivity contribution >= 4 is 11.7 Å². The van der Waals surface area contributed by atoms with E-state index < -0.39 is 0 Å². The molecule has 1 N–H and O–H groups in total. The third kappa shape index (κ3) is 2.57. The van der Waals surface area contributed by atoms with Gasteiger partial charge in [-0.1, -0.05) is 24.3 Å². The van der Waals surface area contributed by atoms with E-state index in [0.717, 1.165) is 16.8 Å². The lowest BCUT2D eigenvalue weighted by Gasteiger charge is -2.36. The number of methoxy groups -OCH3 is 1. The van der Waals surface area contributed by atoms with Gasteiger partial charge in [-0.2, -0.15) is 0 Å². The van der Waals surface area contributed by atoms with Crippen LogP contribution in [0.1, 0.15) is 11.1 Å². The van der Waals surface area contributed by atoms with E-state index in [2.05, 4.69) is 0 Å². The maximum absolute atomic E-state index is 12.1.